The summed E-state index contributed by atoms with van der Waals surface area (Å²) in [6.45, 7) is 3.80. The molecule has 0 spiro atoms. The third-order valence-corrected chi connectivity index (χ3v) is 4.79. The highest BCUT2D eigenvalue weighted by Gasteiger charge is 2.07. The summed E-state index contributed by atoms with van der Waals surface area (Å²) in [5.74, 6) is 0.545. The van der Waals surface area contributed by atoms with Crippen molar-refractivity contribution < 1.29 is 9.53 Å². The summed E-state index contributed by atoms with van der Waals surface area (Å²) in [5, 5.41) is 7.62. The number of fused-ring (bicyclic) bond motifs is 1. The molecule has 0 saturated heterocycles. The Kier molecular flexibility index (Phi) is 6.00. The van der Waals surface area contributed by atoms with E-state index in [1.807, 2.05) is 61.5 Å². The zero-order chi connectivity index (χ0) is 21.8. The number of hydrogen-bond donors (Lipinski definition) is 2. The van der Waals surface area contributed by atoms with Crippen LogP contribution in [0.15, 0.2) is 66.9 Å². The fourth-order valence-corrected chi connectivity index (χ4v) is 3.39. The topological polar surface area (TPSA) is 76.1 Å². The van der Waals surface area contributed by atoms with Gasteiger partial charge in [-0.3, -0.25) is 4.79 Å². The fraction of sp³-hybridized carbons (Fsp3) is 0.125. The maximum Gasteiger partial charge on any atom is 0.221 e. The van der Waals surface area contributed by atoms with Crippen LogP contribution in [-0.2, 0) is 11.4 Å². The van der Waals surface area contributed by atoms with E-state index in [0.717, 1.165) is 33.7 Å². The molecule has 0 atom stereocenters. The first-order valence-corrected chi connectivity index (χ1v) is 10.1. The van der Waals surface area contributed by atoms with Gasteiger partial charge >= 0.3 is 0 Å². The maximum absolute atomic E-state index is 11.1. The number of hydrogen-bond acceptors (Lipinski definition) is 5. The number of anilines is 3. The van der Waals surface area contributed by atoms with Crippen LogP contribution in [0, 0.1) is 6.92 Å². The Labute approximate surface area is 185 Å². The second-order valence-corrected chi connectivity index (χ2v) is 7.59. The second kappa shape index (κ2) is 9.02. The quantitative estimate of drug-likeness (QED) is 0.398. The van der Waals surface area contributed by atoms with Crippen molar-refractivity contribution in [3.63, 3.8) is 0 Å². The van der Waals surface area contributed by atoms with Crippen LogP contribution < -0.4 is 15.4 Å². The summed E-state index contributed by atoms with van der Waals surface area (Å²) in [6, 6.07) is 18.9. The summed E-state index contributed by atoms with van der Waals surface area (Å²) in [6.07, 6.45) is 1.73. The van der Waals surface area contributed by atoms with Crippen molar-refractivity contribution in [1.29, 1.82) is 0 Å². The number of amides is 1. The highest BCUT2D eigenvalue weighted by Crippen LogP contribution is 2.30. The lowest BCUT2D eigenvalue weighted by atomic mass is 10.2. The average Bonchev–Trinajstić information content (AvgIpc) is 2.72. The molecule has 4 rings (SSSR count). The molecule has 2 heterocycles. The number of aromatic nitrogens is 2. The van der Waals surface area contributed by atoms with Crippen molar-refractivity contribution in [2.24, 2.45) is 0 Å². The van der Waals surface area contributed by atoms with Gasteiger partial charge in [-0.15, -0.1) is 0 Å². The minimum atomic E-state index is -0.101. The molecule has 0 bridgehead atoms. The summed E-state index contributed by atoms with van der Waals surface area (Å²) >= 11 is 6.32. The van der Waals surface area contributed by atoms with E-state index >= 15 is 0 Å². The predicted molar refractivity (Wildman–Crippen MR) is 124 cm³/mol. The van der Waals surface area contributed by atoms with Crippen molar-refractivity contribution >= 4 is 45.6 Å². The van der Waals surface area contributed by atoms with Crippen LogP contribution in [0.25, 0.3) is 11.0 Å². The molecular weight excluding hydrogens is 412 g/mol. The molecule has 0 unspecified atom stereocenters. The molecule has 7 heteroatoms. The molecule has 6 nitrogen and oxygen atoms in total. The minimum Gasteiger partial charge on any atom is -0.489 e. The number of pyridine rings is 2. The van der Waals surface area contributed by atoms with Crippen LogP contribution in [0.2, 0.25) is 5.02 Å². The predicted octanol–water partition coefficient (Wildman–Crippen LogP) is 5.87. The van der Waals surface area contributed by atoms with Gasteiger partial charge in [0.1, 0.15) is 12.4 Å². The molecule has 0 aliphatic carbocycles. The first-order valence-electron chi connectivity index (χ1n) is 9.75. The monoisotopic (exact) mass is 432 g/mol. The first-order chi connectivity index (χ1) is 15.0. The van der Waals surface area contributed by atoms with E-state index < -0.39 is 0 Å². The molecular formula is C24H21ClN4O2. The molecule has 0 saturated carbocycles. The van der Waals surface area contributed by atoms with Gasteiger partial charge in [0.2, 0.25) is 5.91 Å². The maximum atomic E-state index is 11.1. The number of aryl methyl sites for hydroxylation is 1. The largest absolute Gasteiger partial charge is 0.489 e. The summed E-state index contributed by atoms with van der Waals surface area (Å²) in [7, 11) is 0. The van der Waals surface area contributed by atoms with Gasteiger partial charge in [0.25, 0.3) is 0 Å². The van der Waals surface area contributed by atoms with Crippen LogP contribution in [0.4, 0.5) is 17.1 Å². The van der Waals surface area contributed by atoms with Crippen LogP contribution in [-0.4, -0.2) is 15.9 Å². The number of ether oxygens (including phenoxy) is 1. The molecule has 2 N–H and O–H groups in total. The number of carbonyl (C=O) groups is 1. The van der Waals surface area contributed by atoms with Crippen molar-refractivity contribution in [2.75, 3.05) is 10.6 Å². The van der Waals surface area contributed by atoms with Crippen molar-refractivity contribution in [3.8, 4) is 5.75 Å². The van der Waals surface area contributed by atoms with Crippen LogP contribution >= 0.6 is 11.6 Å². The molecule has 2 aromatic carbocycles. The van der Waals surface area contributed by atoms with Crippen molar-refractivity contribution in [1.82, 2.24) is 9.97 Å². The molecule has 2 aromatic heterocycles. The normalized spacial score (nSPS) is 10.7. The Balaban J connectivity index is 1.49. The zero-order valence-electron chi connectivity index (χ0n) is 17.1. The molecule has 31 heavy (non-hydrogen) atoms. The lowest BCUT2D eigenvalue weighted by molar-refractivity contribution is -0.114. The molecule has 0 radical (unpaired) electrons. The van der Waals surface area contributed by atoms with E-state index in [0.29, 0.717) is 23.0 Å². The third-order valence-electron chi connectivity index (χ3n) is 4.57. The molecule has 156 valence electrons. The highest BCUT2D eigenvalue weighted by molar-refractivity contribution is 6.31. The first kappa shape index (κ1) is 20.6. The molecule has 4 aromatic rings. The Morgan fingerprint density at radius 3 is 2.61 bits per heavy atom. The average molecular weight is 433 g/mol. The number of halogens is 1. The van der Waals surface area contributed by atoms with E-state index in [1.165, 1.54) is 6.92 Å². The number of benzene rings is 2. The fourth-order valence-electron chi connectivity index (χ4n) is 3.16. The lowest BCUT2D eigenvalue weighted by Crippen LogP contribution is -2.05. The number of carbonyl (C=O) groups excluding carboxylic acids is 1. The number of rotatable bonds is 6. The van der Waals surface area contributed by atoms with Gasteiger partial charge < -0.3 is 15.4 Å². The Bertz CT molecular complexity index is 1240. The Hall–Kier alpha value is -3.64. The molecule has 0 aliphatic rings. The minimum absolute atomic E-state index is 0.101. The van der Waals surface area contributed by atoms with E-state index in [9.17, 15) is 4.79 Å². The second-order valence-electron chi connectivity index (χ2n) is 7.15. The smallest absolute Gasteiger partial charge is 0.221 e. The van der Waals surface area contributed by atoms with Gasteiger partial charge in [0, 0.05) is 46.7 Å². The van der Waals surface area contributed by atoms with E-state index in [1.54, 1.807) is 12.3 Å². The standard InChI is InChI=1S/C24H21ClN4O2/c1-15-3-8-22-23(9-10-26-24(22)27-15)29-20-11-18(25)12-21(13-20)31-14-17-4-6-19(7-5-17)28-16(2)30/h3-13H,14H2,1-2H3,(H,28,30)(H,26,27,29). The summed E-state index contributed by atoms with van der Waals surface area (Å²) in [5.41, 5.74) is 5.02. The van der Waals surface area contributed by atoms with Gasteiger partial charge in [-0.2, -0.15) is 0 Å². The zero-order valence-corrected chi connectivity index (χ0v) is 17.9. The summed E-state index contributed by atoms with van der Waals surface area (Å²) in [4.78, 5) is 19.9. The van der Waals surface area contributed by atoms with Crippen LogP contribution in [0.3, 0.4) is 0 Å². The lowest BCUT2D eigenvalue weighted by Gasteiger charge is -2.13. The van der Waals surface area contributed by atoms with Crippen molar-refractivity contribution in [2.45, 2.75) is 20.5 Å². The summed E-state index contributed by atoms with van der Waals surface area (Å²) < 4.78 is 5.94. The third kappa shape index (κ3) is 5.29. The molecule has 0 fully saturated rings. The number of nitrogens with one attached hydrogen (secondary N) is 2. The Morgan fingerprint density at radius 1 is 1.03 bits per heavy atom. The van der Waals surface area contributed by atoms with Gasteiger partial charge in [0.05, 0.1) is 5.69 Å². The highest BCUT2D eigenvalue weighted by atomic mass is 35.5. The molecule has 1 amide bonds. The van der Waals surface area contributed by atoms with E-state index in [4.69, 9.17) is 16.3 Å². The van der Waals surface area contributed by atoms with Crippen LogP contribution in [0.5, 0.6) is 5.75 Å². The van der Waals surface area contributed by atoms with Gasteiger partial charge in [-0.05, 0) is 55.0 Å². The van der Waals surface area contributed by atoms with Gasteiger partial charge in [-0.25, -0.2) is 9.97 Å². The number of nitrogens with zero attached hydrogens (tertiary/aromatic N) is 2. The van der Waals surface area contributed by atoms with Gasteiger partial charge in [0.15, 0.2) is 5.65 Å². The van der Waals surface area contributed by atoms with Gasteiger partial charge in [-0.1, -0.05) is 23.7 Å². The molecule has 0 aliphatic heterocycles. The van der Waals surface area contributed by atoms with Crippen LogP contribution in [0.1, 0.15) is 18.2 Å². The van der Waals surface area contributed by atoms with Crippen molar-refractivity contribution in [3.05, 3.63) is 83.1 Å². The Morgan fingerprint density at radius 2 is 1.84 bits per heavy atom. The van der Waals surface area contributed by atoms with E-state index in [2.05, 4.69) is 20.6 Å². The van der Waals surface area contributed by atoms with E-state index in [-0.39, 0.29) is 5.91 Å². The SMILES string of the molecule is CC(=O)Nc1ccc(COc2cc(Cl)cc(Nc3ccnc4nc(C)ccc34)c2)cc1.